The highest BCUT2D eigenvalue weighted by Crippen LogP contribution is 2.26. The van der Waals surface area contributed by atoms with E-state index >= 15 is 0 Å². The Balaban J connectivity index is 2.24. The van der Waals surface area contributed by atoms with Crippen molar-refractivity contribution in [3.63, 3.8) is 0 Å². The molecule has 2 rings (SSSR count). The molecule has 4 nitrogen and oxygen atoms in total. The number of amides is 1. The molecule has 2 N–H and O–H groups in total. The van der Waals surface area contributed by atoms with Gasteiger partial charge >= 0.3 is 0 Å². The van der Waals surface area contributed by atoms with Gasteiger partial charge in [-0.25, -0.2) is 0 Å². The van der Waals surface area contributed by atoms with Gasteiger partial charge in [0.15, 0.2) is 0 Å². The molecular formula is C16H17NO3. The van der Waals surface area contributed by atoms with E-state index in [2.05, 4.69) is 0 Å². The molecule has 0 aliphatic carbocycles. The third-order valence-corrected chi connectivity index (χ3v) is 3.39. The number of hydrogen-bond acceptors (Lipinski definition) is 3. The van der Waals surface area contributed by atoms with Gasteiger partial charge in [-0.1, -0.05) is 30.3 Å². The Morgan fingerprint density at radius 3 is 2.35 bits per heavy atom. The van der Waals surface area contributed by atoms with E-state index in [9.17, 15) is 15.0 Å². The van der Waals surface area contributed by atoms with E-state index in [1.54, 1.807) is 11.9 Å². The van der Waals surface area contributed by atoms with Gasteiger partial charge in [-0.3, -0.25) is 4.79 Å². The lowest BCUT2D eigenvalue weighted by Gasteiger charge is -2.25. The standard InChI is InChI=1S/C16H17NO3/c1-11(12-6-4-3-5-7-12)17(2)16(20)14-9-8-13(18)10-15(14)19/h3-11,18-19H,1-2H3/t11-/m1/s1. The monoisotopic (exact) mass is 271 g/mol. The average Bonchev–Trinajstić information content (AvgIpc) is 2.46. The molecule has 0 heterocycles. The van der Waals surface area contributed by atoms with Crippen molar-refractivity contribution in [1.82, 2.24) is 4.90 Å². The van der Waals surface area contributed by atoms with Gasteiger partial charge in [-0.2, -0.15) is 0 Å². The lowest BCUT2D eigenvalue weighted by Crippen LogP contribution is -2.29. The number of nitrogens with zero attached hydrogens (tertiary/aromatic N) is 1. The van der Waals surface area contributed by atoms with Crippen molar-refractivity contribution in [1.29, 1.82) is 0 Å². The molecule has 2 aromatic carbocycles. The Labute approximate surface area is 117 Å². The maximum Gasteiger partial charge on any atom is 0.257 e. The van der Waals surface area contributed by atoms with E-state index in [0.717, 1.165) is 11.6 Å². The molecule has 0 saturated carbocycles. The molecule has 0 fully saturated rings. The number of rotatable bonds is 3. The number of phenols is 2. The first-order valence-corrected chi connectivity index (χ1v) is 6.35. The summed E-state index contributed by atoms with van der Waals surface area (Å²) < 4.78 is 0. The second-order valence-corrected chi connectivity index (χ2v) is 4.70. The molecule has 0 spiro atoms. The second-order valence-electron chi connectivity index (χ2n) is 4.70. The first kappa shape index (κ1) is 13.9. The highest BCUT2D eigenvalue weighted by atomic mass is 16.3. The Morgan fingerprint density at radius 2 is 1.75 bits per heavy atom. The fraction of sp³-hybridized carbons (Fsp3) is 0.188. The van der Waals surface area contributed by atoms with E-state index in [0.29, 0.717) is 0 Å². The topological polar surface area (TPSA) is 60.8 Å². The van der Waals surface area contributed by atoms with Crippen molar-refractivity contribution in [2.75, 3.05) is 7.05 Å². The molecule has 20 heavy (non-hydrogen) atoms. The minimum Gasteiger partial charge on any atom is -0.508 e. The highest BCUT2D eigenvalue weighted by molar-refractivity contribution is 5.97. The summed E-state index contributed by atoms with van der Waals surface area (Å²) >= 11 is 0. The number of benzene rings is 2. The quantitative estimate of drug-likeness (QED) is 0.902. The van der Waals surface area contributed by atoms with E-state index in [4.69, 9.17) is 0 Å². The van der Waals surface area contributed by atoms with Crippen LogP contribution in [0.1, 0.15) is 28.9 Å². The Morgan fingerprint density at radius 1 is 1.10 bits per heavy atom. The molecule has 0 radical (unpaired) electrons. The van der Waals surface area contributed by atoms with Gasteiger partial charge in [0.25, 0.3) is 5.91 Å². The molecule has 0 aromatic heterocycles. The van der Waals surface area contributed by atoms with Crippen molar-refractivity contribution in [2.24, 2.45) is 0 Å². The zero-order valence-electron chi connectivity index (χ0n) is 11.4. The summed E-state index contributed by atoms with van der Waals surface area (Å²) in [5, 5.41) is 19.0. The van der Waals surface area contributed by atoms with Crippen LogP contribution >= 0.6 is 0 Å². The van der Waals surface area contributed by atoms with E-state index in [1.807, 2.05) is 37.3 Å². The van der Waals surface area contributed by atoms with Gasteiger partial charge in [0.2, 0.25) is 0 Å². The molecule has 2 aromatic rings. The summed E-state index contributed by atoms with van der Waals surface area (Å²) in [6, 6.07) is 13.5. The average molecular weight is 271 g/mol. The molecule has 0 aliphatic rings. The Hall–Kier alpha value is -2.49. The summed E-state index contributed by atoms with van der Waals surface area (Å²) in [4.78, 5) is 13.9. The summed E-state index contributed by atoms with van der Waals surface area (Å²) in [6.07, 6.45) is 0. The number of aromatic hydroxyl groups is 2. The first-order chi connectivity index (χ1) is 9.50. The Bertz CT molecular complexity index is 610. The smallest absolute Gasteiger partial charge is 0.257 e. The van der Waals surface area contributed by atoms with Crippen LogP contribution in [0, 0.1) is 0 Å². The number of carbonyl (C=O) groups is 1. The highest BCUT2D eigenvalue weighted by Gasteiger charge is 2.21. The molecule has 104 valence electrons. The number of carbonyl (C=O) groups excluding carboxylic acids is 1. The lowest BCUT2D eigenvalue weighted by molar-refractivity contribution is 0.0739. The molecule has 4 heteroatoms. The van der Waals surface area contributed by atoms with Crippen molar-refractivity contribution in [3.05, 3.63) is 59.7 Å². The van der Waals surface area contributed by atoms with Crippen LogP contribution in [0.25, 0.3) is 0 Å². The molecular weight excluding hydrogens is 254 g/mol. The predicted molar refractivity (Wildman–Crippen MR) is 76.7 cm³/mol. The summed E-state index contributed by atoms with van der Waals surface area (Å²) in [5.41, 5.74) is 1.19. The molecule has 1 amide bonds. The molecule has 0 aliphatic heterocycles. The summed E-state index contributed by atoms with van der Waals surface area (Å²) in [6.45, 7) is 1.92. The Kier molecular flexibility index (Phi) is 3.94. The van der Waals surface area contributed by atoms with E-state index in [1.165, 1.54) is 12.1 Å². The van der Waals surface area contributed by atoms with Crippen molar-refractivity contribution in [2.45, 2.75) is 13.0 Å². The maximum atomic E-state index is 12.4. The number of hydrogen-bond donors (Lipinski definition) is 2. The van der Waals surface area contributed by atoms with Crippen LogP contribution in [-0.2, 0) is 0 Å². The van der Waals surface area contributed by atoms with Crippen LogP contribution in [0.2, 0.25) is 0 Å². The molecule has 1 atom stereocenters. The van der Waals surface area contributed by atoms with Gasteiger partial charge < -0.3 is 15.1 Å². The van der Waals surface area contributed by atoms with E-state index in [-0.39, 0.29) is 29.0 Å². The van der Waals surface area contributed by atoms with Crippen molar-refractivity contribution in [3.8, 4) is 11.5 Å². The van der Waals surface area contributed by atoms with Crippen molar-refractivity contribution < 1.29 is 15.0 Å². The van der Waals surface area contributed by atoms with Crippen molar-refractivity contribution >= 4 is 5.91 Å². The van der Waals surface area contributed by atoms with Crippen LogP contribution in [0.5, 0.6) is 11.5 Å². The first-order valence-electron chi connectivity index (χ1n) is 6.35. The fourth-order valence-corrected chi connectivity index (χ4v) is 2.02. The van der Waals surface area contributed by atoms with Crippen LogP contribution in [0.15, 0.2) is 48.5 Å². The summed E-state index contributed by atoms with van der Waals surface area (Å²) in [7, 11) is 1.69. The third kappa shape index (κ3) is 2.74. The zero-order valence-corrected chi connectivity index (χ0v) is 11.4. The normalized spacial score (nSPS) is 11.9. The predicted octanol–water partition coefficient (Wildman–Crippen LogP) is 2.93. The third-order valence-electron chi connectivity index (χ3n) is 3.39. The SMILES string of the molecule is C[C@H](c1ccccc1)N(C)C(=O)c1ccc(O)cc1O. The molecule has 0 bridgehead atoms. The van der Waals surface area contributed by atoms with Crippen LogP contribution in [0.3, 0.4) is 0 Å². The largest absolute Gasteiger partial charge is 0.508 e. The van der Waals surface area contributed by atoms with Gasteiger partial charge in [0.1, 0.15) is 11.5 Å². The van der Waals surface area contributed by atoms with Gasteiger partial charge in [-0.15, -0.1) is 0 Å². The van der Waals surface area contributed by atoms with E-state index < -0.39 is 0 Å². The minimum absolute atomic E-state index is 0.0715. The van der Waals surface area contributed by atoms with Gasteiger partial charge in [0.05, 0.1) is 11.6 Å². The zero-order chi connectivity index (χ0) is 14.7. The second kappa shape index (κ2) is 5.65. The van der Waals surface area contributed by atoms with Crippen LogP contribution in [-0.4, -0.2) is 28.1 Å². The maximum absolute atomic E-state index is 12.4. The van der Waals surface area contributed by atoms with Gasteiger partial charge in [-0.05, 0) is 24.6 Å². The summed E-state index contributed by atoms with van der Waals surface area (Å²) in [5.74, 6) is -0.584. The van der Waals surface area contributed by atoms with Crippen LogP contribution < -0.4 is 0 Å². The molecule has 0 saturated heterocycles. The number of phenolic OH excluding ortho intramolecular Hbond substituents is 2. The minimum atomic E-state index is -0.293. The van der Waals surface area contributed by atoms with Crippen LogP contribution in [0.4, 0.5) is 0 Å². The van der Waals surface area contributed by atoms with Gasteiger partial charge in [0, 0.05) is 13.1 Å². The fourth-order valence-electron chi connectivity index (χ4n) is 2.02. The lowest BCUT2D eigenvalue weighted by atomic mass is 10.1. The molecule has 0 unspecified atom stereocenters.